The van der Waals surface area contributed by atoms with Crippen molar-refractivity contribution in [3.63, 3.8) is 0 Å². The van der Waals surface area contributed by atoms with E-state index in [2.05, 4.69) is 5.32 Å². The summed E-state index contributed by atoms with van der Waals surface area (Å²) in [6.07, 6.45) is -0.545. The van der Waals surface area contributed by atoms with E-state index in [0.717, 1.165) is 11.6 Å². The van der Waals surface area contributed by atoms with Crippen LogP contribution in [-0.2, 0) is 25.5 Å². The first-order chi connectivity index (χ1) is 16.5. The molecule has 0 bridgehead atoms. The third kappa shape index (κ3) is 8.31. The van der Waals surface area contributed by atoms with Gasteiger partial charge in [-0.25, -0.2) is 9.18 Å². The molecule has 2 rings (SSSR count). The monoisotopic (exact) mass is 503 g/mol. The largest absolute Gasteiger partial charge is 0.464 e. The van der Waals surface area contributed by atoms with E-state index < -0.39 is 41.3 Å². The van der Waals surface area contributed by atoms with Crippen LogP contribution in [0, 0.1) is 11.2 Å². The summed E-state index contributed by atoms with van der Waals surface area (Å²) in [5.41, 5.74) is 6.54. The van der Waals surface area contributed by atoms with Crippen LogP contribution in [0.1, 0.15) is 25.8 Å². The van der Waals surface area contributed by atoms with E-state index >= 15 is 0 Å². The molecule has 0 aliphatic heterocycles. The Morgan fingerprint density at radius 3 is 2.49 bits per heavy atom. The lowest BCUT2D eigenvalue weighted by Gasteiger charge is -2.21. The number of carbonyl (C=O) groups excluding carboxylic acids is 3. The highest BCUT2D eigenvalue weighted by atomic mass is 35.5. The minimum Gasteiger partial charge on any atom is -0.464 e. The number of hydrogen-bond acceptors (Lipinski definition) is 7. The number of Topliss-reactive ketones (excluding diaryl/α,β-unsaturated/α-hetero) is 1. The standard InChI is InChI=1S/C25H27ClFN3O5/c1-3-35-25(34)23(32)12-18(30-24(33)22(29)13-21(28)14(2)31)10-15-4-6-16(7-5-15)19-11-17(26)8-9-20(19)27/h4-9,11,13,18,23,28,32H,3,10,12,29H2,1-2H3,(H,30,33)/t18?,23-/m1/s1. The zero-order valence-electron chi connectivity index (χ0n) is 19.3. The molecule has 10 heteroatoms. The van der Waals surface area contributed by atoms with Crippen LogP contribution in [0.2, 0.25) is 5.02 Å². The summed E-state index contributed by atoms with van der Waals surface area (Å²) in [6.45, 7) is 2.85. The van der Waals surface area contributed by atoms with Crippen LogP contribution >= 0.6 is 11.6 Å². The first-order valence-electron chi connectivity index (χ1n) is 10.8. The van der Waals surface area contributed by atoms with Crippen molar-refractivity contribution in [2.75, 3.05) is 6.61 Å². The summed E-state index contributed by atoms with van der Waals surface area (Å²) in [4.78, 5) is 35.7. The van der Waals surface area contributed by atoms with Crippen LogP contribution in [0.15, 0.2) is 54.2 Å². The van der Waals surface area contributed by atoms with Gasteiger partial charge < -0.3 is 20.9 Å². The molecule has 0 aliphatic carbocycles. The van der Waals surface area contributed by atoms with Crippen molar-refractivity contribution in [1.29, 1.82) is 5.41 Å². The van der Waals surface area contributed by atoms with Crippen molar-refractivity contribution < 1.29 is 28.6 Å². The molecule has 1 amide bonds. The third-order valence-corrected chi connectivity index (χ3v) is 5.25. The van der Waals surface area contributed by atoms with Gasteiger partial charge in [0.2, 0.25) is 0 Å². The number of aliphatic hydroxyl groups is 1. The predicted octanol–water partition coefficient (Wildman–Crippen LogP) is 2.94. The summed E-state index contributed by atoms with van der Waals surface area (Å²) in [5.74, 6) is -2.59. The lowest BCUT2D eigenvalue weighted by molar-refractivity contribution is -0.153. The van der Waals surface area contributed by atoms with Crippen molar-refractivity contribution in [2.45, 2.75) is 38.8 Å². The topological polar surface area (TPSA) is 143 Å². The number of hydrogen-bond donors (Lipinski definition) is 4. The van der Waals surface area contributed by atoms with Gasteiger partial charge in [0, 0.05) is 30.0 Å². The van der Waals surface area contributed by atoms with Crippen LogP contribution in [0.25, 0.3) is 11.1 Å². The quantitative estimate of drug-likeness (QED) is 0.211. The van der Waals surface area contributed by atoms with Crippen molar-refractivity contribution in [3.8, 4) is 11.1 Å². The molecule has 1 unspecified atom stereocenters. The van der Waals surface area contributed by atoms with Gasteiger partial charge >= 0.3 is 5.97 Å². The SMILES string of the molecule is CCOC(=O)[C@H](O)CC(Cc1ccc(-c2cc(Cl)ccc2F)cc1)NC(=O)C(N)=CC(=N)C(C)=O. The number of nitrogens with one attached hydrogen (secondary N) is 2. The molecule has 0 saturated carbocycles. The highest BCUT2D eigenvalue weighted by molar-refractivity contribution is 6.42. The van der Waals surface area contributed by atoms with Crippen LogP contribution in [0.5, 0.6) is 0 Å². The number of aliphatic hydroxyl groups excluding tert-OH is 1. The first-order valence-corrected chi connectivity index (χ1v) is 11.2. The van der Waals surface area contributed by atoms with Gasteiger partial charge in [-0.1, -0.05) is 35.9 Å². The van der Waals surface area contributed by atoms with Gasteiger partial charge in [-0.15, -0.1) is 0 Å². The van der Waals surface area contributed by atoms with E-state index in [1.54, 1.807) is 31.2 Å². The van der Waals surface area contributed by atoms with E-state index in [9.17, 15) is 23.9 Å². The minimum atomic E-state index is -1.50. The molecule has 0 fully saturated rings. The Labute approximate surface area is 207 Å². The smallest absolute Gasteiger partial charge is 0.335 e. The Morgan fingerprint density at radius 2 is 1.89 bits per heavy atom. The molecule has 0 aromatic heterocycles. The van der Waals surface area contributed by atoms with Crippen LogP contribution < -0.4 is 11.1 Å². The number of halogens is 2. The fraction of sp³-hybridized carbons (Fsp3) is 0.280. The Balaban J connectivity index is 2.23. The predicted molar refractivity (Wildman–Crippen MR) is 130 cm³/mol. The molecule has 0 spiro atoms. The molecule has 2 aromatic rings. The van der Waals surface area contributed by atoms with Crippen LogP contribution in [0.3, 0.4) is 0 Å². The molecule has 0 radical (unpaired) electrons. The number of ether oxygens (including phenoxy) is 1. The molecule has 186 valence electrons. The number of esters is 1. The maximum absolute atomic E-state index is 14.2. The van der Waals surface area contributed by atoms with Gasteiger partial charge in [0.05, 0.1) is 18.0 Å². The maximum atomic E-state index is 14.2. The summed E-state index contributed by atoms with van der Waals surface area (Å²) >= 11 is 5.97. The average Bonchev–Trinajstić information content (AvgIpc) is 2.81. The molecule has 35 heavy (non-hydrogen) atoms. The molecular weight excluding hydrogens is 477 g/mol. The third-order valence-electron chi connectivity index (χ3n) is 5.02. The fourth-order valence-electron chi connectivity index (χ4n) is 3.21. The number of benzene rings is 2. The highest BCUT2D eigenvalue weighted by Crippen LogP contribution is 2.26. The van der Waals surface area contributed by atoms with Crippen molar-refractivity contribution in [3.05, 3.63) is 70.6 Å². The second-order valence-electron chi connectivity index (χ2n) is 7.77. The van der Waals surface area contributed by atoms with Gasteiger partial charge in [0.25, 0.3) is 5.91 Å². The summed E-state index contributed by atoms with van der Waals surface area (Å²) in [6, 6.07) is 10.3. The number of nitrogens with two attached hydrogens (primary N) is 1. The normalized spacial score (nSPS) is 13.0. The molecule has 0 aliphatic rings. The Hall–Kier alpha value is -3.56. The molecule has 5 N–H and O–H groups in total. The van der Waals surface area contributed by atoms with Gasteiger partial charge in [-0.2, -0.15) is 0 Å². The van der Waals surface area contributed by atoms with Crippen LogP contribution in [0.4, 0.5) is 4.39 Å². The van der Waals surface area contributed by atoms with Crippen molar-refractivity contribution in [2.24, 2.45) is 5.73 Å². The molecule has 8 nitrogen and oxygen atoms in total. The zero-order chi connectivity index (χ0) is 26.1. The summed E-state index contributed by atoms with van der Waals surface area (Å²) < 4.78 is 19.0. The maximum Gasteiger partial charge on any atom is 0.335 e. The zero-order valence-corrected chi connectivity index (χ0v) is 20.1. The Bertz CT molecular complexity index is 1130. The number of carbonyl (C=O) groups is 3. The fourth-order valence-corrected chi connectivity index (χ4v) is 3.38. The Kier molecular flexibility index (Phi) is 10.1. The Morgan fingerprint density at radius 1 is 1.23 bits per heavy atom. The van der Waals surface area contributed by atoms with Gasteiger partial charge in [-0.05, 0) is 48.7 Å². The van der Waals surface area contributed by atoms with E-state index in [0.29, 0.717) is 16.1 Å². The van der Waals surface area contributed by atoms with E-state index in [1.165, 1.54) is 25.1 Å². The van der Waals surface area contributed by atoms with Gasteiger partial charge in [0.1, 0.15) is 5.82 Å². The number of allylic oxidation sites excluding steroid dienone is 1. The van der Waals surface area contributed by atoms with Crippen molar-refractivity contribution in [1.82, 2.24) is 5.32 Å². The van der Waals surface area contributed by atoms with E-state index in [4.69, 9.17) is 27.5 Å². The lowest BCUT2D eigenvalue weighted by Crippen LogP contribution is -2.42. The second-order valence-corrected chi connectivity index (χ2v) is 8.21. The van der Waals surface area contributed by atoms with Crippen LogP contribution in [-0.4, -0.2) is 47.2 Å². The van der Waals surface area contributed by atoms with E-state index in [1.807, 2.05) is 0 Å². The molecule has 2 aromatic carbocycles. The number of amides is 1. The molecule has 2 atom stereocenters. The number of rotatable bonds is 11. The number of ketones is 1. The second kappa shape index (κ2) is 12.8. The highest BCUT2D eigenvalue weighted by Gasteiger charge is 2.24. The lowest BCUT2D eigenvalue weighted by atomic mass is 9.97. The van der Waals surface area contributed by atoms with Gasteiger partial charge in [-0.3, -0.25) is 15.0 Å². The van der Waals surface area contributed by atoms with E-state index in [-0.39, 0.29) is 25.1 Å². The van der Waals surface area contributed by atoms with Crippen molar-refractivity contribution >= 4 is 35.0 Å². The molecular formula is C25H27ClFN3O5. The summed E-state index contributed by atoms with van der Waals surface area (Å²) in [5, 5.41) is 20.8. The van der Waals surface area contributed by atoms with Gasteiger partial charge in [0.15, 0.2) is 11.9 Å². The minimum absolute atomic E-state index is 0.0806. The molecule has 0 saturated heterocycles. The average molecular weight is 504 g/mol. The summed E-state index contributed by atoms with van der Waals surface area (Å²) in [7, 11) is 0. The first kappa shape index (κ1) is 27.7. The molecule has 0 heterocycles.